The van der Waals surface area contributed by atoms with Crippen molar-refractivity contribution in [3.8, 4) is 17.3 Å². The topological polar surface area (TPSA) is 96.7 Å². The maximum atomic E-state index is 13.2. The van der Waals surface area contributed by atoms with E-state index in [1.165, 1.54) is 19.2 Å². The van der Waals surface area contributed by atoms with E-state index in [4.69, 9.17) is 16.3 Å². The number of aromatic hydroxyl groups is 1. The van der Waals surface area contributed by atoms with Crippen molar-refractivity contribution < 1.29 is 14.2 Å². The average molecular weight is 390 g/mol. The lowest BCUT2D eigenvalue weighted by molar-refractivity contribution is 0.401. The molecule has 0 unspecified atom stereocenters. The number of H-pyrrole nitrogens is 1. The van der Waals surface area contributed by atoms with Crippen LogP contribution in [0.3, 0.4) is 0 Å². The number of hydrogen-bond donors (Lipinski definition) is 2. The lowest BCUT2D eigenvalue weighted by Gasteiger charge is -2.12. The molecule has 3 aromatic rings. The second-order valence-corrected chi connectivity index (χ2v) is 5.77. The van der Waals surface area contributed by atoms with E-state index in [9.17, 15) is 19.1 Å². The van der Waals surface area contributed by atoms with Crippen molar-refractivity contribution in [3.05, 3.63) is 79.7 Å². The highest BCUT2D eigenvalue weighted by molar-refractivity contribution is 6.31. The molecule has 9 heteroatoms. The predicted octanol–water partition coefficient (Wildman–Crippen LogP) is 2.78. The molecule has 1 heterocycles. The predicted molar refractivity (Wildman–Crippen MR) is 99.5 cm³/mol. The first-order valence-corrected chi connectivity index (χ1v) is 8.01. The van der Waals surface area contributed by atoms with Crippen molar-refractivity contribution >= 4 is 23.5 Å². The highest BCUT2D eigenvalue weighted by Crippen LogP contribution is 2.25. The van der Waals surface area contributed by atoms with Crippen LogP contribution in [0.15, 0.2) is 57.0 Å². The Hall–Kier alpha value is -3.39. The van der Waals surface area contributed by atoms with E-state index in [-0.39, 0.29) is 22.0 Å². The number of aromatic nitrogens is 2. The largest absolute Gasteiger partial charge is 0.495 e. The van der Waals surface area contributed by atoms with Gasteiger partial charge in [-0.05, 0) is 30.3 Å². The molecule has 0 aliphatic rings. The zero-order valence-electron chi connectivity index (χ0n) is 13.9. The molecule has 2 aromatic carbocycles. The van der Waals surface area contributed by atoms with Crippen LogP contribution in [0.2, 0.25) is 5.02 Å². The van der Waals surface area contributed by atoms with Gasteiger partial charge in [-0.25, -0.2) is 13.8 Å². The van der Waals surface area contributed by atoms with Gasteiger partial charge in [0.05, 0.1) is 23.5 Å². The number of rotatable bonds is 4. The fourth-order valence-electron chi connectivity index (χ4n) is 2.40. The normalized spacial score (nSPS) is 11.1. The van der Waals surface area contributed by atoms with Crippen molar-refractivity contribution in [3.63, 3.8) is 0 Å². The number of halogens is 2. The molecule has 0 saturated carbocycles. The second-order valence-electron chi connectivity index (χ2n) is 5.36. The third-order valence-corrected chi connectivity index (χ3v) is 3.98. The number of methoxy groups -OCH3 is 1. The Morgan fingerprint density at radius 1 is 1.26 bits per heavy atom. The molecule has 0 amide bonds. The minimum absolute atomic E-state index is 0.137. The first kappa shape index (κ1) is 18.4. The first-order valence-electron chi connectivity index (χ1n) is 7.63. The van der Waals surface area contributed by atoms with Gasteiger partial charge in [-0.2, -0.15) is 0 Å². The van der Waals surface area contributed by atoms with Crippen LogP contribution in [-0.2, 0) is 0 Å². The maximum absolute atomic E-state index is 13.2. The Labute approximate surface area is 157 Å². The average Bonchev–Trinajstić information content (AvgIpc) is 2.64. The number of nitrogens with one attached hydrogen (secondary N) is 1. The summed E-state index contributed by atoms with van der Waals surface area (Å²) in [6.07, 6.45) is 1.06. The summed E-state index contributed by atoms with van der Waals surface area (Å²) in [5.41, 5.74) is -1.45. The second kappa shape index (κ2) is 7.46. The van der Waals surface area contributed by atoms with E-state index in [1.54, 1.807) is 24.3 Å². The van der Waals surface area contributed by atoms with Crippen LogP contribution in [0.1, 0.15) is 5.56 Å². The Kier molecular flexibility index (Phi) is 5.09. The van der Waals surface area contributed by atoms with E-state index < -0.39 is 22.9 Å². The smallest absolute Gasteiger partial charge is 0.335 e. The third-order valence-electron chi connectivity index (χ3n) is 3.69. The Balaban J connectivity index is 2.15. The molecule has 0 atom stereocenters. The molecule has 0 saturated heterocycles. The monoisotopic (exact) mass is 389 g/mol. The van der Waals surface area contributed by atoms with Gasteiger partial charge in [0.25, 0.3) is 5.56 Å². The first-order chi connectivity index (χ1) is 12.9. The van der Waals surface area contributed by atoms with Crippen molar-refractivity contribution in [2.24, 2.45) is 4.99 Å². The van der Waals surface area contributed by atoms with Crippen LogP contribution in [0.5, 0.6) is 11.6 Å². The zero-order chi connectivity index (χ0) is 19.6. The minimum atomic E-state index is -0.844. The fourth-order valence-corrected chi connectivity index (χ4v) is 2.57. The summed E-state index contributed by atoms with van der Waals surface area (Å²) in [5.74, 6) is -0.915. The van der Waals surface area contributed by atoms with E-state index in [2.05, 4.69) is 9.98 Å². The van der Waals surface area contributed by atoms with E-state index in [0.29, 0.717) is 5.75 Å². The molecule has 138 valence electrons. The number of hydrogen-bond acceptors (Lipinski definition) is 5. The quantitative estimate of drug-likeness (QED) is 0.670. The van der Waals surface area contributed by atoms with E-state index in [1.807, 2.05) is 0 Å². The standard InChI is InChI=1S/C18H13ClFN3O4/c1-27-15-5-3-2-4-14(15)23-17(25)11(16(24)22-18(23)26)9-21-10-6-7-13(20)12(19)8-10/h2-9,25H,1H3,(H,22,24,26). The molecule has 0 aliphatic carbocycles. The van der Waals surface area contributed by atoms with Crippen LogP contribution in [0.25, 0.3) is 5.69 Å². The number of para-hydroxylation sites is 2. The van der Waals surface area contributed by atoms with Gasteiger partial charge < -0.3 is 9.84 Å². The highest BCUT2D eigenvalue weighted by Gasteiger charge is 2.16. The van der Waals surface area contributed by atoms with Crippen molar-refractivity contribution in [2.45, 2.75) is 0 Å². The van der Waals surface area contributed by atoms with Crippen molar-refractivity contribution in [2.75, 3.05) is 7.11 Å². The van der Waals surface area contributed by atoms with Crippen LogP contribution >= 0.6 is 11.6 Å². The van der Waals surface area contributed by atoms with Crippen molar-refractivity contribution in [1.29, 1.82) is 0 Å². The van der Waals surface area contributed by atoms with Gasteiger partial charge in [0.2, 0.25) is 5.88 Å². The summed E-state index contributed by atoms with van der Waals surface area (Å²) in [5, 5.41) is 10.4. The molecule has 27 heavy (non-hydrogen) atoms. The lowest BCUT2D eigenvalue weighted by Crippen LogP contribution is -2.31. The van der Waals surface area contributed by atoms with Crippen LogP contribution in [0, 0.1) is 5.82 Å². The summed E-state index contributed by atoms with van der Waals surface area (Å²) < 4.78 is 19.3. The molecule has 0 fully saturated rings. The lowest BCUT2D eigenvalue weighted by atomic mass is 10.2. The molecular formula is C18H13ClFN3O4. The number of ether oxygens (including phenoxy) is 1. The molecule has 0 spiro atoms. The summed E-state index contributed by atoms with van der Waals surface area (Å²) in [6, 6.07) is 10.2. The third kappa shape index (κ3) is 3.61. The number of benzene rings is 2. The van der Waals surface area contributed by atoms with Crippen molar-refractivity contribution in [1.82, 2.24) is 9.55 Å². The number of nitrogens with zero attached hydrogens (tertiary/aromatic N) is 2. The molecule has 0 aliphatic heterocycles. The van der Waals surface area contributed by atoms with Gasteiger partial charge in [-0.15, -0.1) is 0 Å². The van der Waals surface area contributed by atoms with E-state index >= 15 is 0 Å². The van der Waals surface area contributed by atoms with Gasteiger partial charge >= 0.3 is 5.69 Å². The summed E-state index contributed by atoms with van der Waals surface area (Å²) in [4.78, 5) is 30.4. The SMILES string of the molecule is COc1ccccc1-n1c(O)c(C=Nc2ccc(F)c(Cl)c2)c(=O)[nH]c1=O. The zero-order valence-corrected chi connectivity index (χ0v) is 14.7. The molecule has 0 bridgehead atoms. The van der Waals surface area contributed by atoms with Gasteiger partial charge in [0.15, 0.2) is 0 Å². The number of aromatic amines is 1. The van der Waals surface area contributed by atoms with Gasteiger partial charge in [-0.1, -0.05) is 23.7 Å². The Morgan fingerprint density at radius 3 is 2.70 bits per heavy atom. The Morgan fingerprint density at radius 2 is 2.00 bits per heavy atom. The minimum Gasteiger partial charge on any atom is -0.495 e. The molecule has 2 N–H and O–H groups in total. The van der Waals surface area contributed by atoms with Gasteiger partial charge in [0.1, 0.15) is 17.1 Å². The molecule has 1 aromatic heterocycles. The Bertz CT molecular complexity index is 1150. The van der Waals surface area contributed by atoms with Gasteiger partial charge in [0, 0.05) is 6.21 Å². The van der Waals surface area contributed by atoms with Crippen LogP contribution in [-0.4, -0.2) is 28.0 Å². The summed E-state index contributed by atoms with van der Waals surface area (Å²) in [7, 11) is 1.41. The maximum Gasteiger partial charge on any atom is 0.335 e. The van der Waals surface area contributed by atoms with Crippen LogP contribution < -0.4 is 16.0 Å². The number of aliphatic imine (C=N–C) groups is 1. The molecule has 3 rings (SSSR count). The summed E-state index contributed by atoms with van der Waals surface area (Å²) in [6.45, 7) is 0. The molecule has 7 nitrogen and oxygen atoms in total. The molecular weight excluding hydrogens is 377 g/mol. The van der Waals surface area contributed by atoms with Gasteiger partial charge in [-0.3, -0.25) is 14.8 Å². The van der Waals surface area contributed by atoms with E-state index in [0.717, 1.165) is 16.8 Å². The molecule has 0 radical (unpaired) electrons. The highest BCUT2D eigenvalue weighted by atomic mass is 35.5. The fraction of sp³-hybridized carbons (Fsp3) is 0.0556. The summed E-state index contributed by atoms with van der Waals surface area (Å²) >= 11 is 5.69. The van der Waals surface area contributed by atoms with Crippen LogP contribution in [0.4, 0.5) is 10.1 Å².